The molecule has 0 aliphatic heterocycles. The van der Waals surface area contributed by atoms with Crippen LogP contribution in [0.15, 0.2) is 39.5 Å². The van der Waals surface area contributed by atoms with Crippen molar-refractivity contribution >= 4 is 16.9 Å². The summed E-state index contributed by atoms with van der Waals surface area (Å²) in [6.45, 7) is 1.79. The van der Waals surface area contributed by atoms with Gasteiger partial charge in [0.1, 0.15) is 5.58 Å². The van der Waals surface area contributed by atoms with E-state index in [1.54, 1.807) is 31.2 Å². The van der Waals surface area contributed by atoms with Gasteiger partial charge in [-0.1, -0.05) is 12.1 Å². The van der Waals surface area contributed by atoms with E-state index in [-0.39, 0.29) is 17.2 Å². The maximum atomic E-state index is 11.9. The maximum absolute atomic E-state index is 11.9. The second kappa shape index (κ2) is 5.40. The molecule has 1 aromatic heterocycles. The second-order valence-electron chi connectivity index (χ2n) is 4.25. The molecule has 0 spiro atoms. The van der Waals surface area contributed by atoms with Gasteiger partial charge < -0.3 is 9.73 Å². The van der Waals surface area contributed by atoms with E-state index in [2.05, 4.69) is 11.2 Å². The van der Waals surface area contributed by atoms with Crippen molar-refractivity contribution < 1.29 is 9.21 Å². The van der Waals surface area contributed by atoms with E-state index in [0.717, 1.165) is 0 Å². The lowest BCUT2D eigenvalue weighted by Crippen LogP contribution is -2.32. The fourth-order valence-electron chi connectivity index (χ4n) is 1.74. The molecular weight excluding hydrogens is 242 g/mol. The number of fused-ring (bicyclic) bond motifs is 1. The summed E-state index contributed by atoms with van der Waals surface area (Å²) in [5.74, 6) is 2.01. The second-order valence-corrected chi connectivity index (χ2v) is 4.25. The van der Waals surface area contributed by atoms with E-state index >= 15 is 0 Å². The summed E-state index contributed by atoms with van der Waals surface area (Å²) >= 11 is 0. The minimum atomic E-state index is -0.439. The zero-order chi connectivity index (χ0) is 13.8. The van der Waals surface area contributed by atoms with Gasteiger partial charge in [0.15, 0.2) is 11.2 Å². The van der Waals surface area contributed by atoms with Crippen molar-refractivity contribution in [2.75, 3.05) is 0 Å². The van der Waals surface area contributed by atoms with Crippen LogP contribution in [0.3, 0.4) is 0 Å². The summed E-state index contributed by atoms with van der Waals surface area (Å²) in [6.07, 6.45) is 5.59. The third kappa shape index (κ3) is 2.83. The first-order valence-corrected chi connectivity index (χ1v) is 5.89. The Morgan fingerprint density at radius 2 is 2.21 bits per heavy atom. The molecule has 4 heteroatoms. The van der Waals surface area contributed by atoms with Crippen LogP contribution < -0.4 is 10.7 Å². The minimum absolute atomic E-state index is 0.00688. The maximum Gasteiger partial charge on any atom is 0.287 e. The number of amides is 1. The highest BCUT2D eigenvalue weighted by Gasteiger charge is 2.13. The van der Waals surface area contributed by atoms with Crippen molar-refractivity contribution in [1.82, 2.24) is 5.32 Å². The molecule has 0 saturated heterocycles. The van der Waals surface area contributed by atoms with Crippen LogP contribution in [0, 0.1) is 12.3 Å². The van der Waals surface area contributed by atoms with Crippen LogP contribution in [-0.4, -0.2) is 11.9 Å². The molecule has 2 rings (SSSR count). The number of carbonyl (C=O) groups excluding carboxylic acids is 1. The predicted octanol–water partition coefficient (Wildman–Crippen LogP) is 1.93. The zero-order valence-electron chi connectivity index (χ0n) is 10.5. The smallest absolute Gasteiger partial charge is 0.287 e. The standard InChI is InChI=1S/C15H13NO3/c1-3-6-10(2)16-15(18)14-9-12(17)11-7-4-5-8-13(11)19-14/h1,4-5,7-10H,6H2,2H3,(H,16,18). The van der Waals surface area contributed by atoms with Crippen molar-refractivity contribution in [3.8, 4) is 12.3 Å². The Bertz CT molecular complexity index is 709. The SMILES string of the molecule is C#CCC(C)NC(=O)c1cc(=O)c2ccccc2o1. The van der Waals surface area contributed by atoms with Gasteiger partial charge in [-0.2, -0.15) is 0 Å². The first-order chi connectivity index (χ1) is 9.11. The molecule has 0 saturated carbocycles. The molecule has 1 aromatic carbocycles. The molecule has 96 valence electrons. The summed E-state index contributed by atoms with van der Waals surface area (Å²) < 4.78 is 5.42. The average Bonchev–Trinajstić information content (AvgIpc) is 2.39. The topological polar surface area (TPSA) is 59.3 Å². The number of para-hydroxylation sites is 1. The number of hydrogen-bond donors (Lipinski definition) is 1. The molecule has 1 N–H and O–H groups in total. The summed E-state index contributed by atoms with van der Waals surface area (Å²) in [6, 6.07) is 7.82. The van der Waals surface area contributed by atoms with Crippen LogP contribution in [0.4, 0.5) is 0 Å². The quantitative estimate of drug-likeness (QED) is 0.852. The Morgan fingerprint density at radius 1 is 1.47 bits per heavy atom. The first kappa shape index (κ1) is 12.9. The number of rotatable bonds is 3. The highest BCUT2D eigenvalue weighted by Crippen LogP contribution is 2.11. The zero-order valence-corrected chi connectivity index (χ0v) is 10.5. The van der Waals surface area contributed by atoms with Gasteiger partial charge in [0.05, 0.1) is 5.39 Å². The van der Waals surface area contributed by atoms with E-state index < -0.39 is 5.91 Å². The van der Waals surface area contributed by atoms with E-state index in [1.807, 2.05) is 0 Å². The normalized spacial score (nSPS) is 11.8. The van der Waals surface area contributed by atoms with Gasteiger partial charge in [0.2, 0.25) is 0 Å². The summed E-state index contributed by atoms with van der Waals surface area (Å²) in [7, 11) is 0. The lowest BCUT2D eigenvalue weighted by atomic mass is 10.2. The Kier molecular flexibility index (Phi) is 3.67. The molecule has 2 aromatic rings. The van der Waals surface area contributed by atoms with Crippen LogP contribution in [0.5, 0.6) is 0 Å². The number of nitrogens with one attached hydrogen (secondary N) is 1. The molecule has 1 amide bonds. The Labute approximate surface area is 110 Å². The van der Waals surface area contributed by atoms with Crippen molar-refractivity contribution in [3.63, 3.8) is 0 Å². The molecule has 0 aliphatic carbocycles. The van der Waals surface area contributed by atoms with Crippen molar-refractivity contribution in [1.29, 1.82) is 0 Å². The van der Waals surface area contributed by atoms with Gasteiger partial charge in [-0.15, -0.1) is 12.3 Å². The van der Waals surface area contributed by atoms with E-state index in [1.165, 1.54) is 6.07 Å². The molecule has 1 unspecified atom stereocenters. The molecule has 0 radical (unpaired) electrons. The number of benzene rings is 1. The highest BCUT2D eigenvalue weighted by atomic mass is 16.3. The van der Waals surface area contributed by atoms with Gasteiger partial charge in [-0.25, -0.2) is 0 Å². The summed E-state index contributed by atoms with van der Waals surface area (Å²) in [4.78, 5) is 23.8. The third-order valence-electron chi connectivity index (χ3n) is 2.66. The Hall–Kier alpha value is -2.54. The lowest BCUT2D eigenvalue weighted by molar-refractivity contribution is 0.0913. The van der Waals surface area contributed by atoms with Crippen molar-refractivity contribution in [2.24, 2.45) is 0 Å². The van der Waals surface area contributed by atoms with Crippen molar-refractivity contribution in [3.05, 3.63) is 46.3 Å². The first-order valence-electron chi connectivity index (χ1n) is 5.89. The molecular formula is C15H13NO3. The van der Waals surface area contributed by atoms with Gasteiger partial charge in [-0.3, -0.25) is 9.59 Å². The van der Waals surface area contributed by atoms with Crippen molar-refractivity contribution in [2.45, 2.75) is 19.4 Å². The molecule has 0 fully saturated rings. The predicted molar refractivity (Wildman–Crippen MR) is 72.9 cm³/mol. The van der Waals surface area contributed by atoms with Gasteiger partial charge in [-0.05, 0) is 19.1 Å². The molecule has 0 bridgehead atoms. The van der Waals surface area contributed by atoms with E-state index in [9.17, 15) is 9.59 Å². The number of terminal acetylenes is 1. The van der Waals surface area contributed by atoms with Crippen LogP contribution in [-0.2, 0) is 0 Å². The molecule has 1 atom stereocenters. The van der Waals surface area contributed by atoms with Gasteiger partial charge >= 0.3 is 0 Å². The Morgan fingerprint density at radius 3 is 2.95 bits per heavy atom. The van der Waals surface area contributed by atoms with E-state index in [0.29, 0.717) is 17.4 Å². The highest BCUT2D eigenvalue weighted by molar-refractivity contribution is 5.93. The van der Waals surface area contributed by atoms with E-state index in [4.69, 9.17) is 10.8 Å². The average molecular weight is 255 g/mol. The monoisotopic (exact) mass is 255 g/mol. The minimum Gasteiger partial charge on any atom is -0.451 e. The number of hydrogen-bond acceptors (Lipinski definition) is 3. The van der Waals surface area contributed by atoms with Crippen LogP contribution >= 0.6 is 0 Å². The summed E-state index contributed by atoms with van der Waals surface area (Å²) in [5.41, 5.74) is 0.154. The fourth-order valence-corrected chi connectivity index (χ4v) is 1.74. The summed E-state index contributed by atoms with van der Waals surface area (Å²) in [5, 5.41) is 3.13. The van der Waals surface area contributed by atoms with Crippen LogP contribution in [0.2, 0.25) is 0 Å². The number of carbonyl (C=O) groups is 1. The third-order valence-corrected chi connectivity index (χ3v) is 2.66. The molecule has 0 aliphatic rings. The fraction of sp³-hybridized carbons (Fsp3) is 0.200. The lowest BCUT2D eigenvalue weighted by Gasteiger charge is -2.10. The molecule has 4 nitrogen and oxygen atoms in total. The van der Waals surface area contributed by atoms with Crippen LogP contribution in [0.25, 0.3) is 11.0 Å². The molecule has 1 heterocycles. The molecule has 19 heavy (non-hydrogen) atoms. The Balaban J connectivity index is 2.33. The van der Waals surface area contributed by atoms with Crippen LogP contribution in [0.1, 0.15) is 23.9 Å². The largest absolute Gasteiger partial charge is 0.451 e. The van der Waals surface area contributed by atoms with Gasteiger partial charge in [0, 0.05) is 18.5 Å². The van der Waals surface area contributed by atoms with Gasteiger partial charge in [0.25, 0.3) is 5.91 Å².